The molecule has 4 nitrogen and oxygen atoms in total. The van der Waals surface area contributed by atoms with Crippen LogP contribution in [0.2, 0.25) is 0 Å². The second-order valence-electron chi connectivity index (χ2n) is 4.19. The minimum atomic E-state index is -0.0318. The average Bonchev–Trinajstić information content (AvgIpc) is 2.41. The molecule has 0 atom stereocenters. The smallest absolute Gasteiger partial charge is 0.193 e. The highest BCUT2D eigenvalue weighted by molar-refractivity contribution is 5.90. The Kier molecular flexibility index (Phi) is 4.10. The van der Waals surface area contributed by atoms with Crippen molar-refractivity contribution in [3.8, 4) is 11.5 Å². The third-order valence-corrected chi connectivity index (χ3v) is 2.95. The highest BCUT2D eigenvalue weighted by Gasteiger charge is 2.12. The fraction of sp³-hybridized carbons (Fsp3) is 0.400. The lowest BCUT2D eigenvalue weighted by atomic mass is 10.1. The van der Waals surface area contributed by atoms with Crippen molar-refractivity contribution in [2.75, 3.05) is 13.2 Å². The third kappa shape index (κ3) is 2.57. The van der Waals surface area contributed by atoms with Crippen LogP contribution in [-0.2, 0) is 6.42 Å². The maximum Gasteiger partial charge on any atom is 0.193 e. The van der Waals surface area contributed by atoms with Crippen molar-refractivity contribution in [3.05, 3.63) is 34.1 Å². The molecule has 0 aliphatic rings. The van der Waals surface area contributed by atoms with Crippen molar-refractivity contribution in [3.63, 3.8) is 0 Å². The summed E-state index contributed by atoms with van der Waals surface area (Å²) in [7, 11) is 0. The third-order valence-electron chi connectivity index (χ3n) is 2.95. The number of aryl methyl sites for hydroxylation is 1. The Labute approximate surface area is 112 Å². The minimum Gasteiger partial charge on any atom is -0.493 e. The van der Waals surface area contributed by atoms with Gasteiger partial charge in [0.15, 0.2) is 5.43 Å². The van der Waals surface area contributed by atoms with Crippen LogP contribution in [0.4, 0.5) is 0 Å². The molecule has 0 radical (unpaired) electrons. The van der Waals surface area contributed by atoms with E-state index < -0.39 is 0 Å². The van der Waals surface area contributed by atoms with Gasteiger partial charge in [0.25, 0.3) is 0 Å². The van der Waals surface area contributed by atoms with E-state index in [-0.39, 0.29) is 5.43 Å². The first-order valence-electron chi connectivity index (χ1n) is 6.65. The predicted molar refractivity (Wildman–Crippen MR) is 76.3 cm³/mol. The van der Waals surface area contributed by atoms with E-state index in [0.717, 1.165) is 17.6 Å². The number of rotatable bonds is 5. The number of hydrogen-bond donors (Lipinski definition) is 1. The van der Waals surface area contributed by atoms with Gasteiger partial charge in [0, 0.05) is 11.8 Å². The van der Waals surface area contributed by atoms with Gasteiger partial charge in [0.1, 0.15) is 11.5 Å². The first-order chi connectivity index (χ1) is 9.21. The lowest BCUT2D eigenvalue weighted by molar-refractivity contribution is 0.336. The molecule has 0 bridgehead atoms. The molecule has 102 valence electrons. The largest absolute Gasteiger partial charge is 0.493 e. The molecule has 0 aliphatic carbocycles. The fourth-order valence-electron chi connectivity index (χ4n) is 2.10. The number of hydrogen-bond acceptors (Lipinski definition) is 3. The van der Waals surface area contributed by atoms with Crippen molar-refractivity contribution in [2.24, 2.45) is 0 Å². The number of H-pyrrole nitrogens is 1. The quantitative estimate of drug-likeness (QED) is 0.900. The topological polar surface area (TPSA) is 51.3 Å². The van der Waals surface area contributed by atoms with E-state index in [9.17, 15) is 4.79 Å². The number of ether oxygens (including phenoxy) is 2. The molecule has 0 saturated heterocycles. The Morgan fingerprint density at radius 3 is 2.32 bits per heavy atom. The zero-order valence-corrected chi connectivity index (χ0v) is 11.6. The molecule has 2 aromatic rings. The van der Waals surface area contributed by atoms with Crippen molar-refractivity contribution < 1.29 is 9.47 Å². The molecule has 0 aliphatic heterocycles. The van der Waals surface area contributed by atoms with E-state index in [1.165, 1.54) is 0 Å². The summed E-state index contributed by atoms with van der Waals surface area (Å²) in [6, 6.07) is 5.25. The maximum absolute atomic E-state index is 12.3. The predicted octanol–water partition coefficient (Wildman–Crippen LogP) is 2.89. The van der Waals surface area contributed by atoms with Gasteiger partial charge in [0.05, 0.1) is 24.1 Å². The molecule has 0 saturated carbocycles. The van der Waals surface area contributed by atoms with Gasteiger partial charge in [-0.2, -0.15) is 0 Å². The molecular formula is C15H19NO3. The van der Waals surface area contributed by atoms with Crippen LogP contribution >= 0.6 is 0 Å². The molecule has 19 heavy (non-hydrogen) atoms. The summed E-state index contributed by atoms with van der Waals surface area (Å²) in [5, 5.41) is 0.560. The monoisotopic (exact) mass is 261 g/mol. The van der Waals surface area contributed by atoms with Gasteiger partial charge in [-0.1, -0.05) is 6.92 Å². The van der Waals surface area contributed by atoms with Crippen molar-refractivity contribution in [1.82, 2.24) is 4.98 Å². The van der Waals surface area contributed by atoms with Crippen LogP contribution in [0.3, 0.4) is 0 Å². The molecule has 1 heterocycles. The van der Waals surface area contributed by atoms with Crippen LogP contribution in [0.25, 0.3) is 10.9 Å². The Balaban J connectivity index is 2.76. The van der Waals surface area contributed by atoms with Gasteiger partial charge in [-0.05, 0) is 32.4 Å². The zero-order chi connectivity index (χ0) is 13.8. The van der Waals surface area contributed by atoms with Crippen LogP contribution in [0, 0.1) is 0 Å². The van der Waals surface area contributed by atoms with E-state index in [1.807, 2.05) is 26.8 Å². The summed E-state index contributed by atoms with van der Waals surface area (Å²) in [6.07, 6.45) is 0.773. The summed E-state index contributed by atoms with van der Waals surface area (Å²) >= 11 is 0. The first kappa shape index (κ1) is 13.5. The normalized spacial score (nSPS) is 10.7. The van der Waals surface area contributed by atoms with Crippen LogP contribution in [0.5, 0.6) is 11.5 Å². The van der Waals surface area contributed by atoms with E-state index in [0.29, 0.717) is 30.1 Å². The lowest BCUT2D eigenvalue weighted by Gasteiger charge is -2.12. The molecule has 0 unspecified atom stereocenters. The Morgan fingerprint density at radius 1 is 1.05 bits per heavy atom. The number of benzene rings is 1. The van der Waals surface area contributed by atoms with Gasteiger partial charge >= 0.3 is 0 Å². The van der Waals surface area contributed by atoms with Gasteiger partial charge in [0.2, 0.25) is 0 Å². The second-order valence-corrected chi connectivity index (χ2v) is 4.19. The molecule has 1 aromatic heterocycles. The molecule has 0 spiro atoms. The lowest BCUT2D eigenvalue weighted by Crippen LogP contribution is -2.08. The van der Waals surface area contributed by atoms with E-state index in [1.54, 1.807) is 12.1 Å². The number of aromatic nitrogens is 1. The van der Waals surface area contributed by atoms with Crippen molar-refractivity contribution in [1.29, 1.82) is 0 Å². The molecule has 2 rings (SSSR count). The van der Waals surface area contributed by atoms with Crippen molar-refractivity contribution >= 4 is 10.9 Å². The molecule has 4 heteroatoms. The van der Waals surface area contributed by atoms with Gasteiger partial charge in [-0.25, -0.2) is 0 Å². The Bertz CT molecular complexity index is 631. The van der Waals surface area contributed by atoms with Gasteiger partial charge in [-0.3, -0.25) is 4.79 Å². The summed E-state index contributed by atoms with van der Waals surface area (Å²) < 4.78 is 11.1. The SMILES string of the molecule is CCOc1ccc(OCC)c2c(=O)cc(CC)[nH]c12. The summed E-state index contributed by atoms with van der Waals surface area (Å²) in [4.78, 5) is 15.5. The highest BCUT2D eigenvalue weighted by atomic mass is 16.5. The zero-order valence-electron chi connectivity index (χ0n) is 11.6. The molecule has 0 amide bonds. The van der Waals surface area contributed by atoms with Gasteiger partial charge < -0.3 is 14.5 Å². The summed E-state index contributed by atoms with van der Waals surface area (Å²) in [6.45, 7) is 6.91. The standard InChI is InChI=1S/C15H19NO3/c1-4-10-9-11(17)14-12(18-5-2)7-8-13(19-6-3)15(14)16-10/h7-9H,4-6H2,1-3H3,(H,16,17). The van der Waals surface area contributed by atoms with E-state index in [4.69, 9.17) is 9.47 Å². The van der Waals surface area contributed by atoms with Crippen LogP contribution in [0.15, 0.2) is 23.0 Å². The molecule has 1 aromatic carbocycles. The molecular weight excluding hydrogens is 242 g/mol. The number of aromatic amines is 1. The van der Waals surface area contributed by atoms with Crippen molar-refractivity contribution in [2.45, 2.75) is 27.2 Å². The highest BCUT2D eigenvalue weighted by Crippen LogP contribution is 2.30. The second kappa shape index (κ2) is 5.78. The fourth-order valence-corrected chi connectivity index (χ4v) is 2.10. The molecule has 0 fully saturated rings. The van der Waals surface area contributed by atoms with E-state index >= 15 is 0 Å². The van der Waals surface area contributed by atoms with Crippen LogP contribution < -0.4 is 14.9 Å². The average molecular weight is 261 g/mol. The van der Waals surface area contributed by atoms with Gasteiger partial charge in [-0.15, -0.1) is 0 Å². The maximum atomic E-state index is 12.3. The summed E-state index contributed by atoms with van der Waals surface area (Å²) in [5.41, 5.74) is 1.58. The summed E-state index contributed by atoms with van der Waals surface area (Å²) in [5.74, 6) is 1.29. The van der Waals surface area contributed by atoms with Crippen LogP contribution in [-0.4, -0.2) is 18.2 Å². The number of fused-ring (bicyclic) bond motifs is 1. The Morgan fingerprint density at radius 2 is 1.68 bits per heavy atom. The Hall–Kier alpha value is -1.97. The minimum absolute atomic E-state index is 0.0318. The first-order valence-corrected chi connectivity index (χ1v) is 6.65. The number of pyridine rings is 1. The van der Waals surface area contributed by atoms with E-state index in [2.05, 4.69) is 4.98 Å². The number of nitrogens with one attached hydrogen (secondary N) is 1. The molecule has 1 N–H and O–H groups in total. The van der Waals surface area contributed by atoms with Crippen LogP contribution in [0.1, 0.15) is 26.5 Å².